The molecule has 0 aliphatic carbocycles. The number of anilines is 1. The summed E-state index contributed by atoms with van der Waals surface area (Å²) in [5, 5.41) is 32.7. The summed E-state index contributed by atoms with van der Waals surface area (Å²) in [6.07, 6.45) is 0. The van der Waals surface area contributed by atoms with E-state index in [9.17, 15) is 29.9 Å². The van der Waals surface area contributed by atoms with E-state index < -0.39 is 28.4 Å². The van der Waals surface area contributed by atoms with Gasteiger partial charge >= 0.3 is 0 Å². The fraction of sp³-hybridized carbons (Fsp3) is 0.154. The summed E-state index contributed by atoms with van der Waals surface area (Å²) < 4.78 is 5.49. The van der Waals surface area contributed by atoms with E-state index in [1.54, 1.807) is 32.0 Å². The summed E-state index contributed by atoms with van der Waals surface area (Å²) in [6, 6.07) is 13.2. The number of halogens is 1. The number of phenols is 1. The average Bonchev–Trinajstić information content (AvgIpc) is 3.12. The number of hydrogen-bond donors (Lipinski definition) is 2. The van der Waals surface area contributed by atoms with Crippen LogP contribution in [-0.4, -0.2) is 33.4 Å². The quantitative estimate of drug-likeness (QED) is 0.152. The summed E-state index contributed by atoms with van der Waals surface area (Å²) >= 11 is 6.20. The van der Waals surface area contributed by atoms with E-state index in [-0.39, 0.29) is 34.9 Å². The van der Waals surface area contributed by atoms with E-state index in [4.69, 9.17) is 16.3 Å². The summed E-state index contributed by atoms with van der Waals surface area (Å²) in [6.45, 7) is 3.75. The van der Waals surface area contributed by atoms with Gasteiger partial charge in [-0.15, -0.1) is 0 Å². The summed E-state index contributed by atoms with van der Waals surface area (Å²) in [4.78, 5) is 38.3. The number of aryl methyl sites for hydroxylation is 1. The van der Waals surface area contributed by atoms with Gasteiger partial charge in [0, 0.05) is 28.4 Å². The molecule has 10 heteroatoms. The number of rotatable bonds is 6. The van der Waals surface area contributed by atoms with Crippen LogP contribution in [0, 0.1) is 17.0 Å². The van der Waals surface area contributed by atoms with Crippen molar-refractivity contribution in [3.8, 4) is 11.5 Å². The number of benzene rings is 3. The minimum atomic E-state index is -1.10. The maximum Gasteiger partial charge on any atom is 0.300 e. The first-order chi connectivity index (χ1) is 17.1. The lowest BCUT2D eigenvalue weighted by Crippen LogP contribution is -2.30. The molecule has 0 spiro atoms. The van der Waals surface area contributed by atoms with Gasteiger partial charge in [-0.25, -0.2) is 0 Å². The topological polar surface area (TPSA) is 130 Å². The molecule has 0 saturated carbocycles. The third-order valence-electron chi connectivity index (χ3n) is 5.83. The molecular formula is C26H21ClN2O7. The van der Waals surface area contributed by atoms with E-state index in [1.165, 1.54) is 47.4 Å². The van der Waals surface area contributed by atoms with Crippen LogP contribution < -0.4 is 9.64 Å². The molecule has 1 aliphatic heterocycles. The van der Waals surface area contributed by atoms with Crippen LogP contribution in [0.15, 0.2) is 66.2 Å². The number of carbonyl (C=O) groups excluding carboxylic acids is 2. The predicted octanol–water partition coefficient (Wildman–Crippen LogP) is 5.29. The van der Waals surface area contributed by atoms with Gasteiger partial charge in [0.25, 0.3) is 17.4 Å². The predicted molar refractivity (Wildman–Crippen MR) is 133 cm³/mol. The molecule has 1 aliphatic rings. The van der Waals surface area contributed by atoms with Crippen LogP contribution in [0.5, 0.6) is 11.5 Å². The number of aromatic hydroxyl groups is 1. The average molecular weight is 509 g/mol. The molecule has 1 unspecified atom stereocenters. The van der Waals surface area contributed by atoms with Gasteiger partial charge in [-0.1, -0.05) is 23.7 Å². The van der Waals surface area contributed by atoms with Gasteiger partial charge in [0.15, 0.2) is 11.5 Å². The SMILES string of the molecule is CCOc1cc(C2/C(=C(\O)c3ccc([N+](=O)[O-])cc3)C(=O)C(=O)N2c2cc(Cl)ccc2C)ccc1O. The van der Waals surface area contributed by atoms with Gasteiger partial charge in [-0.2, -0.15) is 0 Å². The summed E-state index contributed by atoms with van der Waals surface area (Å²) in [5.74, 6) is -2.33. The highest BCUT2D eigenvalue weighted by Crippen LogP contribution is 2.45. The molecule has 36 heavy (non-hydrogen) atoms. The number of ketones is 1. The van der Waals surface area contributed by atoms with E-state index in [1.807, 2.05) is 0 Å². The van der Waals surface area contributed by atoms with Gasteiger partial charge in [0.1, 0.15) is 5.76 Å². The first-order valence-corrected chi connectivity index (χ1v) is 11.3. The molecule has 1 atom stereocenters. The molecule has 0 radical (unpaired) electrons. The molecule has 3 aromatic carbocycles. The number of hydrogen-bond acceptors (Lipinski definition) is 7. The minimum absolute atomic E-state index is 0.121. The maximum atomic E-state index is 13.3. The second kappa shape index (κ2) is 9.71. The molecule has 0 bridgehead atoms. The molecule has 1 fully saturated rings. The van der Waals surface area contributed by atoms with E-state index in [2.05, 4.69) is 0 Å². The van der Waals surface area contributed by atoms with Crippen molar-refractivity contribution in [2.75, 3.05) is 11.5 Å². The van der Waals surface area contributed by atoms with E-state index >= 15 is 0 Å². The Labute approximate surface area is 211 Å². The number of nitrogens with zero attached hydrogens (tertiary/aromatic N) is 2. The number of phenolic OH excluding ortho intramolecular Hbond substituents is 1. The van der Waals surface area contributed by atoms with Gasteiger partial charge < -0.3 is 14.9 Å². The largest absolute Gasteiger partial charge is 0.507 e. The Balaban J connectivity index is 1.97. The highest BCUT2D eigenvalue weighted by molar-refractivity contribution is 6.52. The number of carbonyl (C=O) groups is 2. The van der Waals surface area contributed by atoms with Crippen molar-refractivity contribution < 1.29 is 29.5 Å². The number of ether oxygens (including phenoxy) is 1. The molecule has 9 nitrogen and oxygen atoms in total. The third kappa shape index (κ3) is 4.36. The lowest BCUT2D eigenvalue weighted by molar-refractivity contribution is -0.384. The monoisotopic (exact) mass is 508 g/mol. The molecule has 1 amide bonds. The smallest absolute Gasteiger partial charge is 0.300 e. The molecule has 1 heterocycles. The van der Waals surface area contributed by atoms with Crippen LogP contribution in [0.25, 0.3) is 5.76 Å². The second-order valence-corrected chi connectivity index (χ2v) is 8.50. The van der Waals surface area contributed by atoms with Crippen molar-refractivity contribution in [3.05, 3.63) is 98.1 Å². The zero-order chi connectivity index (χ0) is 26.1. The van der Waals surface area contributed by atoms with Crippen molar-refractivity contribution in [2.45, 2.75) is 19.9 Å². The number of aliphatic hydroxyl groups is 1. The standard InChI is InChI=1S/C26H21ClN2O7/c1-3-36-21-12-16(7-11-20(21)30)23-22(24(31)15-5-9-18(10-6-15)29(34)35)25(32)26(33)28(23)19-13-17(27)8-4-14(19)2/h4-13,23,30-31H,3H2,1-2H3/b24-22+. The summed E-state index contributed by atoms with van der Waals surface area (Å²) in [7, 11) is 0. The Hall–Kier alpha value is -4.37. The van der Waals surface area contributed by atoms with Crippen molar-refractivity contribution in [3.63, 3.8) is 0 Å². The fourth-order valence-corrected chi connectivity index (χ4v) is 4.27. The third-order valence-corrected chi connectivity index (χ3v) is 6.06. The molecule has 184 valence electrons. The Morgan fingerprint density at radius 2 is 1.81 bits per heavy atom. The zero-order valence-corrected chi connectivity index (χ0v) is 20.0. The number of aliphatic hydroxyl groups excluding tert-OH is 1. The van der Waals surface area contributed by atoms with Crippen molar-refractivity contribution in [1.29, 1.82) is 0 Å². The van der Waals surface area contributed by atoms with Crippen LogP contribution in [0.1, 0.15) is 29.7 Å². The normalized spacial score (nSPS) is 16.9. The molecule has 1 saturated heterocycles. The Morgan fingerprint density at radius 3 is 2.44 bits per heavy atom. The van der Waals surface area contributed by atoms with Gasteiger partial charge in [-0.3, -0.25) is 24.6 Å². The van der Waals surface area contributed by atoms with E-state index in [0.717, 1.165) is 0 Å². The van der Waals surface area contributed by atoms with Crippen LogP contribution in [0.4, 0.5) is 11.4 Å². The fourth-order valence-electron chi connectivity index (χ4n) is 4.11. The first-order valence-electron chi connectivity index (χ1n) is 10.9. The van der Waals surface area contributed by atoms with Crippen molar-refractivity contribution in [1.82, 2.24) is 0 Å². The molecule has 0 aromatic heterocycles. The van der Waals surface area contributed by atoms with E-state index in [0.29, 0.717) is 21.8 Å². The Bertz CT molecular complexity index is 1420. The molecular weight excluding hydrogens is 488 g/mol. The zero-order valence-electron chi connectivity index (χ0n) is 19.3. The summed E-state index contributed by atoms with van der Waals surface area (Å²) in [5.41, 5.74) is 1.11. The van der Waals surface area contributed by atoms with Crippen molar-refractivity contribution >= 4 is 40.4 Å². The van der Waals surface area contributed by atoms with Crippen LogP contribution in [0.3, 0.4) is 0 Å². The number of nitro benzene ring substituents is 1. The lowest BCUT2D eigenvalue weighted by atomic mass is 9.94. The number of Topliss-reactive ketones (excluding diaryl/α,β-unsaturated/α-hetero) is 1. The Kier molecular flexibility index (Phi) is 6.67. The van der Waals surface area contributed by atoms with Gasteiger partial charge in [0.05, 0.1) is 23.1 Å². The van der Waals surface area contributed by atoms with Crippen molar-refractivity contribution in [2.24, 2.45) is 0 Å². The maximum absolute atomic E-state index is 13.3. The lowest BCUT2D eigenvalue weighted by Gasteiger charge is -2.27. The van der Waals surface area contributed by atoms with Crippen LogP contribution in [-0.2, 0) is 9.59 Å². The second-order valence-electron chi connectivity index (χ2n) is 8.06. The van der Waals surface area contributed by atoms with Gasteiger partial charge in [-0.05, 0) is 61.4 Å². The number of amides is 1. The first kappa shape index (κ1) is 24.7. The number of non-ortho nitro benzene ring substituents is 1. The van der Waals surface area contributed by atoms with Gasteiger partial charge in [0.2, 0.25) is 0 Å². The molecule has 3 aromatic rings. The highest BCUT2D eigenvalue weighted by Gasteiger charge is 2.47. The van der Waals surface area contributed by atoms with Crippen LogP contribution >= 0.6 is 11.6 Å². The highest BCUT2D eigenvalue weighted by atomic mass is 35.5. The minimum Gasteiger partial charge on any atom is -0.507 e. The molecule has 4 rings (SSSR count). The number of nitro groups is 1. The molecule has 2 N–H and O–H groups in total. The Morgan fingerprint density at radius 1 is 1.11 bits per heavy atom. The van der Waals surface area contributed by atoms with Crippen LogP contribution in [0.2, 0.25) is 5.02 Å².